The molecule has 1 aromatic carbocycles. The van der Waals surface area contributed by atoms with Crippen LogP contribution in [0.25, 0.3) is 0 Å². The molecule has 0 spiro atoms. The zero-order valence-corrected chi connectivity index (χ0v) is 11.7. The molecule has 0 aromatic heterocycles. The highest BCUT2D eigenvalue weighted by molar-refractivity contribution is 5.95. The van der Waals surface area contributed by atoms with E-state index in [4.69, 9.17) is 9.47 Å². The molecule has 2 saturated heterocycles. The number of carbonyl (C=O) groups excluding carboxylic acids is 1. The molecule has 2 heterocycles. The molecule has 2 fully saturated rings. The van der Waals surface area contributed by atoms with E-state index in [0.717, 1.165) is 43.9 Å². The van der Waals surface area contributed by atoms with Crippen LogP contribution in [0.1, 0.15) is 19.3 Å². The summed E-state index contributed by atoms with van der Waals surface area (Å²) in [6.45, 7) is 2.65. The lowest BCUT2D eigenvalue weighted by Crippen LogP contribution is -2.24. The van der Waals surface area contributed by atoms with Crippen molar-refractivity contribution in [2.75, 3.05) is 31.6 Å². The van der Waals surface area contributed by atoms with Crippen LogP contribution in [0.15, 0.2) is 18.2 Å². The van der Waals surface area contributed by atoms with Crippen LogP contribution in [0.2, 0.25) is 0 Å². The van der Waals surface area contributed by atoms with Crippen LogP contribution < -0.4 is 19.7 Å². The number of nitrogens with zero attached hydrogens (tertiary/aromatic N) is 1. The van der Waals surface area contributed by atoms with Gasteiger partial charge in [-0.25, -0.2) is 0 Å². The van der Waals surface area contributed by atoms with Gasteiger partial charge in [-0.3, -0.25) is 4.79 Å². The number of amides is 1. The Morgan fingerprint density at radius 1 is 1.35 bits per heavy atom. The third-order valence-corrected chi connectivity index (χ3v) is 3.84. The summed E-state index contributed by atoms with van der Waals surface area (Å²) in [6.07, 6.45) is 2.76. The van der Waals surface area contributed by atoms with Crippen molar-refractivity contribution in [3.05, 3.63) is 18.2 Å². The minimum Gasteiger partial charge on any atom is -0.493 e. The van der Waals surface area contributed by atoms with Crippen LogP contribution in [-0.2, 0) is 4.79 Å². The van der Waals surface area contributed by atoms with Gasteiger partial charge in [0.05, 0.1) is 7.11 Å². The maximum absolute atomic E-state index is 11.8. The normalized spacial score (nSPS) is 22.4. The van der Waals surface area contributed by atoms with Crippen molar-refractivity contribution < 1.29 is 14.3 Å². The number of anilines is 1. The fourth-order valence-electron chi connectivity index (χ4n) is 2.75. The van der Waals surface area contributed by atoms with Crippen molar-refractivity contribution in [2.45, 2.75) is 25.4 Å². The minimum absolute atomic E-state index is 0.181. The van der Waals surface area contributed by atoms with E-state index in [2.05, 4.69) is 5.32 Å². The van der Waals surface area contributed by atoms with Crippen molar-refractivity contribution in [3.63, 3.8) is 0 Å². The topological polar surface area (TPSA) is 50.8 Å². The van der Waals surface area contributed by atoms with Gasteiger partial charge in [0.25, 0.3) is 0 Å². The maximum Gasteiger partial charge on any atom is 0.227 e. The first-order valence-corrected chi connectivity index (χ1v) is 7.13. The standard InChI is InChI=1S/C15H20N2O3/c1-19-14-9-11(17-8-2-3-15(17)18)4-5-13(14)20-12-6-7-16-10-12/h4-5,9,12,16H,2-3,6-8,10H2,1H3/t12-/m1/s1. The Kier molecular flexibility index (Phi) is 3.78. The Balaban J connectivity index is 1.79. The lowest BCUT2D eigenvalue weighted by atomic mass is 10.2. The average Bonchev–Trinajstić information content (AvgIpc) is 3.11. The summed E-state index contributed by atoms with van der Waals surface area (Å²) in [5, 5.41) is 3.27. The summed E-state index contributed by atoms with van der Waals surface area (Å²) in [5.41, 5.74) is 0.890. The smallest absolute Gasteiger partial charge is 0.227 e. The second-order valence-corrected chi connectivity index (χ2v) is 5.22. The quantitative estimate of drug-likeness (QED) is 0.907. The molecule has 0 bridgehead atoms. The molecule has 0 unspecified atom stereocenters. The van der Waals surface area contributed by atoms with Crippen LogP contribution in [0.4, 0.5) is 5.69 Å². The molecule has 0 aliphatic carbocycles. The second kappa shape index (κ2) is 5.71. The first-order valence-electron chi connectivity index (χ1n) is 7.13. The van der Waals surface area contributed by atoms with Gasteiger partial charge in [-0.1, -0.05) is 0 Å². The van der Waals surface area contributed by atoms with Crippen molar-refractivity contribution in [1.29, 1.82) is 0 Å². The lowest BCUT2D eigenvalue weighted by Gasteiger charge is -2.20. The Morgan fingerprint density at radius 3 is 2.90 bits per heavy atom. The van der Waals surface area contributed by atoms with Crippen molar-refractivity contribution in [1.82, 2.24) is 5.32 Å². The van der Waals surface area contributed by atoms with Crippen LogP contribution in [0, 0.1) is 0 Å². The predicted octanol–water partition coefficient (Wildman–Crippen LogP) is 1.56. The molecular weight excluding hydrogens is 256 g/mol. The van der Waals surface area contributed by atoms with E-state index in [0.29, 0.717) is 12.2 Å². The van der Waals surface area contributed by atoms with Crippen LogP contribution in [0.5, 0.6) is 11.5 Å². The maximum atomic E-state index is 11.8. The fourth-order valence-corrected chi connectivity index (χ4v) is 2.75. The Labute approximate surface area is 118 Å². The third-order valence-electron chi connectivity index (χ3n) is 3.84. The highest BCUT2D eigenvalue weighted by Gasteiger charge is 2.23. The Bertz CT molecular complexity index is 498. The van der Waals surface area contributed by atoms with Crippen molar-refractivity contribution in [2.24, 2.45) is 0 Å². The van der Waals surface area contributed by atoms with E-state index in [1.54, 1.807) is 7.11 Å². The van der Waals surface area contributed by atoms with E-state index < -0.39 is 0 Å². The van der Waals surface area contributed by atoms with E-state index in [1.165, 1.54) is 0 Å². The number of carbonyl (C=O) groups is 1. The van der Waals surface area contributed by atoms with Gasteiger partial charge in [-0.05, 0) is 31.5 Å². The molecule has 1 N–H and O–H groups in total. The number of ether oxygens (including phenoxy) is 2. The highest BCUT2D eigenvalue weighted by Crippen LogP contribution is 2.34. The SMILES string of the molecule is COc1cc(N2CCCC2=O)ccc1O[C@@H]1CCNC1. The van der Waals surface area contributed by atoms with E-state index in [1.807, 2.05) is 23.1 Å². The molecule has 108 valence electrons. The average molecular weight is 276 g/mol. The molecule has 20 heavy (non-hydrogen) atoms. The van der Waals surface area contributed by atoms with Crippen molar-refractivity contribution in [3.8, 4) is 11.5 Å². The summed E-state index contributed by atoms with van der Waals surface area (Å²) in [4.78, 5) is 13.6. The monoisotopic (exact) mass is 276 g/mol. The van der Waals surface area contributed by atoms with Crippen LogP contribution in [0.3, 0.4) is 0 Å². The fraction of sp³-hybridized carbons (Fsp3) is 0.533. The van der Waals surface area contributed by atoms with Crippen LogP contribution in [-0.4, -0.2) is 38.8 Å². The Hall–Kier alpha value is -1.75. The summed E-state index contributed by atoms with van der Waals surface area (Å²) < 4.78 is 11.4. The molecule has 1 amide bonds. The molecule has 1 atom stereocenters. The number of nitrogens with one attached hydrogen (secondary N) is 1. The number of hydrogen-bond acceptors (Lipinski definition) is 4. The van der Waals surface area contributed by atoms with Gasteiger partial charge in [0, 0.05) is 31.3 Å². The summed E-state index contributed by atoms with van der Waals surface area (Å²) >= 11 is 0. The van der Waals surface area contributed by atoms with Crippen molar-refractivity contribution >= 4 is 11.6 Å². The molecular formula is C15H20N2O3. The van der Waals surface area contributed by atoms with E-state index in [-0.39, 0.29) is 12.0 Å². The van der Waals surface area contributed by atoms with Gasteiger partial charge < -0.3 is 19.7 Å². The van der Waals surface area contributed by atoms with E-state index >= 15 is 0 Å². The largest absolute Gasteiger partial charge is 0.493 e. The minimum atomic E-state index is 0.181. The van der Waals surface area contributed by atoms with Gasteiger partial charge in [0.15, 0.2) is 11.5 Å². The summed E-state index contributed by atoms with van der Waals surface area (Å²) in [5.74, 6) is 1.62. The first kappa shape index (κ1) is 13.2. The molecule has 2 aliphatic rings. The molecule has 5 heteroatoms. The van der Waals surface area contributed by atoms with E-state index in [9.17, 15) is 4.79 Å². The molecule has 1 aromatic rings. The molecule has 5 nitrogen and oxygen atoms in total. The second-order valence-electron chi connectivity index (χ2n) is 5.22. The van der Waals surface area contributed by atoms with Crippen LogP contribution >= 0.6 is 0 Å². The lowest BCUT2D eigenvalue weighted by molar-refractivity contribution is -0.117. The van der Waals surface area contributed by atoms with Gasteiger partial charge in [-0.15, -0.1) is 0 Å². The number of methoxy groups -OCH3 is 1. The molecule has 3 rings (SSSR count). The first-order chi connectivity index (χ1) is 9.78. The molecule has 0 radical (unpaired) electrons. The Morgan fingerprint density at radius 2 is 2.25 bits per heavy atom. The molecule has 2 aliphatic heterocycles. The van der Waals surface area contributed by atoms with Gasteiger partial charge in [0.2, 0.25) is 5.91 Å². The zero-order chi connectivity index (χ0) is 13.9. The van der Waals surface area contributed by atoms with Gasteiger partial charge in [-0.2, -0.15) is 0 Å². The third kappa shape index (κ3) is 2.58. The number of rotatable bonds is 4. The zero-order valence-electron chi connectivity index (χ0n) is 11.7. The van der Waals surface area contributed by atoms with Gasteiger partial charge >= 0.3 is 0 Å². The van der Waals surface area contributed by atoms with Gasteiger partial charge in [0.1, 0.15) is 6.10 Å². The number of hydrogen-bond donors (Lipinski definition) is 1. The highest BCUT2D eigenvalue weighted by atomic mass is 16.5. The molecule has 0 saturated carbocycles. The summed E-state index contributed by atoms with van der Waals surface area (Å²) in [7, 11) is 1.63. The predicted molar refractivity (Wildman–Crippen MR) is 76.5 cm³/mol. The number of benzene rings is 1. The summed E-state index contributed by atoms with van der Waals surface area (Å²) in [6, 6.07) is 5.72.